The molecule has 7 heteroatoms. The fraction of sp³-hybridized carbons (Fsp3) is 0.261. The Hall–Kier alpha value is -3.19. The van der Waals surface area contributed by atoms with E-state index in [1.54, 1.807) is 18.9 Å². The van der Waals surface area contributed by atoms with Gasteiger partial charge < -0.3 is 15.0 Å². The van der Waals surface area contributed by atoms with E-state index in [0.717, 1.165) is 16.8 Å². The Balaban J connectivity index is 1.42. The van der Waals surface area contributed by atoms with E-state index in [9.17, 15) is 9.59 Å². The first-order valence-corrected chi connectivity index (χ1v) is 10.7. The van der Waals surface area contributed by atoms with E-state index in [1.165, 1.54) is 16.9 Å². The van der Waals surface area contributed by atoms with Crippen LogP contribution in [0.15, 0.2) is 47.8 Å². The summed E-state index contributed by atoms with van der Waals surface area (Å²) in [6.07, 6.45) is 0.599. The summed E-state index contributed by atoms with van der Waals surface area (Å²) < 4.78 is 5.67. The van der Waals surface area contributed by atoms with Gasteiger partial charge in [-0.15, -0.1) is 11.3 Å². The van der Waals surface area contributed by atoms with Gasteiger partial charge in [-0.05, 0) is 44.0 Å². The lowest BCUT2D eigenvalue weighted by Gasteiger charge is -2.30. The Labute approximate surface area is 179 Å². The number of ether oxygens (including phenoxy) is 1. The quantitative estimate of drug-likeness (QED) is 0.661. The molecule has 0 saturated carbocycles. The molecule has 1 atom stereocenters. The molecule has 154 valence electrons. The van der Waals surface area contributed by atoms with E-state index < -0.39 is 6.10 Å². The molecule has 1 aliphatic rings. The summed E-state index contributed by atoms with van der Waals surface area (Å²) >= 11 is 1.38. The first-order valence-electron chi connectivity index (χ1n) is 9.80. The third-order valence-corrected chi connectivity index (χ3v) is 5.87. The Morgan fingerprint density at radius 3 is 2.77 bits per heavy atom. The van der Waals surface area contributed by atoms with Gasteiger partial charge in [-0.1, -0.05) is 29.8 Å². The standard InChI is InChI=1S/C23H23N3O3S/c1-14-4-6-16(7-5-14)8-11-21(27)25-23-24-18(13-30-23)17-9-10-20-19(12-17)26(3)22(28)15(2)29-20/h4-7,9-10,12-13,15H,8,11H2,1-3H3,(H,24,25,27). The minimum atomic E-state index is -0.491. The Morgan fingerprint density at radius 1 is 1.23 bits per heavy atom. The first-order chi connectivity index (χ1) is 14.4. The molecule has 0 fully saturated rings. The van der Waals surface area contributed by atoms with Gasteiger partial charge in [-0.2, -0.15) is 0 Å². The highest BCUT2D eigenvalue weighted by atomic mass is 32.1. The van der Waals surface area contributed by atoms with Gasteiger partial charge in [0.05, 0.1) is 11.4 Å². The molecule has 6 nitrogen and oxygen atoms in total. The molecule has 30 heavy (non-hydrogen) atoms. The minimum absolute atomic E-state index is 0.0605. The summed E-state index contributed by atoms with van der Waals surface area (Å²) in [6, 6.07) is 13.8. The number of aromatic nitrogens is 1. The summed E-state index contributed by atoms with van der Waals surface area (Å²) in [5.74, 6) is 0.530. The average Bonchev–Trinajstić information content (AvgIpc) is 3.20. The van der Waals surface area contributed by atoms with Crippen LogP contribution in [0.5, 0.6) is 5.75 Å². The lowest BCUT2D eigenvalue weighted by molar-refractivity contribution is -0.125. The maximum atomic E-state index is 12.3. The predicted molar refractivity (Wildman–Crippen MR) is 119 cm³/mol. The second-order valence-corrected chi connectivity index (χ2v) is 8.27. The van der Waals surface area contributed by atoms with Crippen molar-refractivity contribution < 1.29 is 14.3 Å². The summed E-state index contributed by atoms with van der Waals surface area (Å²) in [5, 5.41) is 5.33. The van der Waals surface area contributed by atoms with E-state index in [4.69, 9.17) is 4.74 Å². The second kappa shape index (κ2) is 8.28. The van der Waals surface area contributed by atoms with Crippen molar-refractivity contribution in [3.05, 3.63) is 59.0 Å². The summed E-state index contributed by atoms with van der Waals surface area (Å²) in [6.45, 7) is 3.78. The summed E-state index contributed by atoms with van der Waals surface area (Å²) in [4.78, 5) is 30.6. The molecule has 0 aliphatic carbocycles. The van der Waals surface area contributed by atoms with Gasteiger partial charge in [-0.25, -0.2) is 4.98 Å². The SMILES string of the molecule is Cc1ccc(CCC(=O)Nc2nc(-c3ccc4c(c3)N(C)C(=O)C(C)O4)cs2)cc1. The summed E-state index contributed by atoms with van der Waals surface area (Å²) in [5.41, 5.74) is 4.67. The molecule has 1 unspecified atom stereocenters. The maximum absolute atomic E-state index is 12.3. The van der Waals surface area contributed by atoms with Gasteiger partial charge >= 0.3 is 0 Å². The van der Waals surface area contributed by atoms with Crippen molar-refractivity contribution in [3.63, 3.8) is 0 Å². The number of nitrogens with zero attached hydrogens (tertiary/aromatic N) is 2. The first kappa shape index (κ1) is 20.1. The van der Waals surface area contributed by atoms with Gasteiger partial charge in [0.1, 0.15) is 5.75 Å². The van der Waals surface area contributed by atoms with Gasteiger partial charge in [0.25, 0.3) is 5.91 Å². The number of carbonyl (C=O) groups is 2. The van der Waals surface area contributed by atoms with Crippen molar-refractivity contribution in [3.8, 4) is 17.0 Å². The number of hydrogen-bond donors (Lipinski definition) is 1. The molecule has 1 aromatic heterocycles. The van der Waals surface area contributed by atoms with E-state index in [-0.39, 0.29) is 11.8 Å². The number of nitrogens with one attached hydrogen (secondary N) is 1. The minimum Gasteiger partial charge on any atom is -0.479 e. The number of likely N-dealkylation sites (N-methyl/N-ethyl adjacent to an activating group) is 1. The Bertz CT molecular complexity index is 1090. The van der Waals surface area contributed by atoms with E-state index >= 15 is 0 Å². The van der Waals surface area contributed by atoms with Crippen LogP contribution in [0.4, 0.5) is 10.8 Å². The van der Waals surface area contributed by atoms with Crippen LogP contribution < -0.4 is 15.0 Å². The number of rotatable bonds is 5. The molecule has 1 aliphatic heterocycles. The van der Waals surface area contributed by atoms with Gasteiger partial charge in [-0.3, -0.25) is 9.59 Å². The Morgan fingerprint density at radius 2 is 2.00 bits per heavy atom. The highest BCUT2D eigenvalue weighted by Gasteiger charge is 2.29. The Kier molecular flexibility index (Phi) is 5.55. The fourth-order valence-corrected chi connectivity index (χ4v) is 4.06. The summed E-state index contributed by atoms with van der Waals surface area (Å²) in [7, 11) is 1.74. The number of anilines is 2. The highest BCUT2D eigenvalue weighted by molar-refractivity contribution is 7.14. The lowest BCUT2D eigenvalue weighted by atomic mass is 10.1. The zero-order valence-corrected chi connectivity index (χ0v) is 18.0. The van der Waals surface area contributed by atoms with Crippen LogP contribution >= 0.6 is 11.3 Å². The van der Waals surface area contributed by atoms with Crippen molar-refractivity contribution >= 4 is 34.0 Å². The molecule has 2 heterocycles. The van der Waals surface area contributed by atoms with E-state index in [0.29, 0.717) is 29.4 Å². The average molecular weight is 422 g/mol. The van der Waals surface area contributed by atoms with Crippen molar-refractivity contribution in [1.29, 1.82) is 0 Å². The molecule has 2 aromatic carbocycles. The van der Waals surface area contributed by atoms with Crippen LogP contribution in [-0.2, 0) is 16.0 Å². The zero-order chi connectivity index (χ0) is 21.3. The third kappa shape index (κ3) is 4.21. The smallest absolute Gasteiger partial charge is 0.267 e. The van der Waals surface area contributed by atoms with E-state index in [1.807, 2.05) is 42.6 Å². The van der Waals surface area contributed by atoms with Crippen molar-refractivity contribution in [2.75, 3.05) is 17.3 Å². The zero-order valence-electron chi connectivity index (χ0n) is 17.1. The molecule has 2 amide bonds. The second-order valence-electron chi connectivity index (χ2n) is 7.41. The number of carbonyl (C=O) groups excluding carboxylic acids is 2. The van der Waals surface area contributed by atoms with Gasteiger partial charge in [0.15, 0.2) is 11.2 Å². The third-order valence-electron chi connectivity index (χ3n) is 5.11. The number of fused-ring (bicyclic) bond motifs is 1. The molecule has 0 radical (unpaired) electrons. The molecule has 4 rings (SSSR count). The van der Waals surface area contributed by atoms with Crippen LogP contribution in [0.25, 0.3) is 11.3 Å². The molecule has 3 aromatic rings. The molecule has 0 spiro atoms. The van der Waals surface area contributed by atoms with Gasteiger partial charge in [0.2, 0.25) is 5.91 Å². The van der Waals surface area contributed by atoms with E-state index in [2.05, 4.69) is 22.4 Å². The number of amides is 2. The fourth-order valence-electron chi connectivity index (χ4n) is 3.33. The lowest BCUT2D eigenvalue weighted by Crippen LogP contribution is -2.41. The number of hydrogen-bond acceptors (Lipinski definition) is 5. The number of thiazole rings is 1. The van der Waals surface area contributed by atoms with Crippen LogP contribution in [-0.4, -0.2) is 29.9 Å². The van der Waals surface area contributed by atoms with Gasteiger partial charge in [0, 0.05) is 24.4 Å². The monoisotopic (exact) mass is 421 g/mol. The largest absolute Gasteiger partial charge is 0.479 e. The normalized spacial score (nSPS) is 15.5. The predicted octanol–water partition coefficient (Wildman–Crippen LogP) is 4.43. The maximum Gasteiger partial charge on any atom is 0.267 e. The van der Waals surface area contributed by atoms with Crippen molar-refractivity contribution in [2.45, 2.75) is 32.8 Å². The number of aryl methyl sites for hydroxylation is 2. The number of benzene rings is 2. The van der Waals surface area contributed by atoms with Crippen LogP contribution in [0.2, 0.25) is 0 Å². The van der Waals surface area contributed by atoms with Crippen LogP contribution in [0.1, 0.15) is 24.5 Å². The molecule has 0 saturated heterocycles. The van der Waals surface area contributed by atoms with Crippen molar-refractivity contribution in [1.82, 2.24) is 4.98 Å². The van der Waals surface area contributed by atoms with Crippen LogP contribution in [0, 0.1) is 6.92 Å². The molecule has 0 bridgehead atoms. The highest BCUT2D eigenvalue weighted by Crippen LogP contribution is 2.37. The topological polar surface area (TPSA) is 71.5 Å². The molecule has 1 N–H and O–H groups in total. The molecular formula is C23H23N3O3S. The van der Waals surface area contributed by atoms with Crippen LogP contribution in [0.3, 0.4) is 0 Å². The van der Waals surface area contributed by atoms with Crippen molar-refractivity contribution in [2.24, 2.45) is 0 Å². The molecular weight excluding hydrogens is 398 g/mol.